The highest BCUT2D eigenvalue weighted by Gasteiger charge is 2.32. The zero-order valence-electron chi connectivity index (χ0n) is 17.0. The summed E-state index contributed by atoms with van der Waals surface area (Å²) in [5, 5.41) is 0. The van der Waals surface area contributed by atoms with E-state index in [2.05, 4.69) is 4.99 Å². The van der Waals surface area contributed by atoms with Crippen LogP contribution in [0.2, 0.25) is 0 Å². The number of carbonyl (C=O) groups is 2. The molecule has 4 rings (SSSR count). The summed E-state index contributed by atoms with van der Waals surface area (Å²) in [7, 11) is 0. The number of ketones is 1. The summed E-state index contributed by atoms with van der Waals surface area (Å²) in [6, 6.07) is 22.7. The molecule has 0 radical (unpaired) electrons. The van der Waals surface area contributed by atoms with E-state index in [9.17, 15) is 9.59 Å². The van der Waals surface area contributed by atoms with Crippen LogP contribution in [-0.4, -0.2) is 30.1 Å². The first-order chi connectivity index (χ1) is 14.5. The average Bonchev–Trinajstić information content (AvgIpc) is 2.86. The highest BCUT2D eigenvalue weighted by atomic mass is 16.2. The predicted molar refractivity (Wildman–Crippen MR) is 119 cm³/mol. The minimum atomic E-state index is -1.09. The molecule has 0 spiro atoms. The maximum Gasteiger partial charge on any atom is 0.266 e. The lowest BCUT2D eigenvalue weighted by molar-refractivity contribution is -0.119. The maximum absolute atomic E-state index is 13.2. The molecule has 1 amide bonds. The monoisotopic (exact) mass is 397 g/mol. The molecule has 0 bridgehead atoms. The first-order valence-corrected chi connectivity index (χ1v) is 9.86. The fraction of sp³-hybridized carbons (Fsp3) is 0.160. The van der Waals surface area contributed by atoms with Crippen LogP contribution >= 0.6 is 0 Å². The molecule has 0 saturated carbocycles. The molecule has 150 valence electrons. The Hall–Kier alpha value is -3.57. The Labute approximate surface area is 175 Å². The second-order valence-corrected chi connectivity index (χ2v) is 7.42. The van der Waals surface area contributed by atoms with Crippen LogP contribution in [0, 0.1) is 13.8 Å². The Morgan fingerprint density at radius 2 is 1.60 bits per heavy atom. The first kappa shape index (κ1) is 19.7. The third-order valence-electron chi connectivity index (χ3n) is 5.36. The molecular formula is C25H23N3O2. The second-order valence-electron chi connectivity index (χ2n) is 7.42. The summed E-state index contributed by atoms with van der Waals surface area (Å²) in [4.78, 5) is 32.3. The molecule has 0 aromatic heterocycles. The molecule has 5 heteroatoms. The number of nitrogens with two attached hydrogens (primary N) is 1. The van der Waals surface area contributed by atoms with Gasteiger partial charge in [-0.2, -0.15) is 0 Å². The van der Waals surface area contributed by atoms with Gasteiger partial charge in [-0.25, -0.2) is 0 Å². The molecule has 1 unspecified atom stereocenters. The number of benzene rings is 3. The Morgan fingerprint density at radius 3 is 2.33 bits per heavy atom. The molecule has 1 heterocycles. The standard InChI is InChI=1S/C25H23N3O2/c1-16-9-6-7-13-19(16)21(29)15-28-20-14-8-10-17(2)22(20)23(27-24(26)25(28)30)18-11-4-3-5-12-18/h3-14,24H,15,26H2,1-2H3. The van der Waals surface area contributed by atoms with Crippen molar-refractivity contribution in [2.24, 2.45) is 10.7 Å². The van der Waals surface area contributed by atoms with Crippen LogP contribution in [0.1, 0.15) is 32.6 Å². The van der Waals surface area contributed by atoms with Crippen LogP contribution in [0.3, 0.4) is 0 Å². The van der Waals surface area contributed by atoms with Gasteiger partial charge in [0.1, 0.15) is 0 Å². The van der Waals surface area contributed by atoms with Crippen molar-refractivity contribution in [3.63, 3.8) is 0 Å². The summed E-state index contributed by atoms with van der Waals surface area (Å²) < 4.78 is 0. The molecule has 5 nitrogen and oxygen atoms in total. The summed E-state index contributed by atoms with van der Waals surface area (Å²) in [6.45, 7) is 3.77. The van der Waals surface area contributed by atoms with E-state index in [0.29, 0.717) is 17.0 Å². The van der Waals surface area contributed by atoms with Crippen molar-refractivity contribution in [1.82, 2.24) is 0 Å². The highest BCUT2D eigenvalue weighted by Crippen LogP contribution is 2.30. The number of nitrogens with zero attached hydrogens (tertiary/aromatic N) is 2. The minimum Gasteiger partial charge on any atom is -0.302 e. The summed E-state index contributed by atoms with van der Waals surface area (Å²) >= 11 is 0. The molecule has 2 N–H and O–H groups in total. The van der Waals surface area contributed by atoms with E-state index in [4.69, 9.17) is 5.73 Å². The van der Waals surface area contributed by atoms with Crippen LogP contribution in [0.25, 0.3) is 0 Å². The van der Waals surface area contributed by atoms with Crippen molar-refractivity contribution >= 4 is 23.1 Å². The quantitative estimate of drug-likeness (QED) is 0.683. The predicted octanol–water partition coefficient (Wildman–Crippen LogP) is 3.66. The fourth-order valence-corrected chi connectivity index (χ4v) is 3.82. The summed E-state index contributed by atoms with van der Waals surface area (Å²) in [5.41, 5.74) is 11.6. The van der Waals surface area contributed by atoms with Gasteiger partial charge in [0.05, 0.1) is 17.9 Å². The molecule has 3 aromatic rings. The van der Waals surface area contributed by atoms with Gasteiger partial charge in [-0.3, -0.25) is 14.6 Å². The van der Waals surface area contributed by atoms with Crippen LogP contribution in [0.5, 0.6) is 0 Å². The van der Waals surface area contributed by atoms with Crippen LogP contribution in [0.15, 0.2) is 77.8 Å². The highest BCUT2D eigenvalue weighted by molar-refractivity contribution is 6.21. The smallest absolute Gasteiger partial charge is 0.266 e. The molecule has 30 heavy (non-hydrogen) atoms. The summed E-state index contributed by atoms with van der Waals surface area (Å²) in [6.07, 6.45) is -1.09. The topological polar surface area (TPSA) is 75.8 Å². The number of hydrogen-bond donors (Lipinski definition) is 1. The number of Topliss-reactive ketones (excluding diaryl/α,β-unsaturated/α-hetero) is 1. The molecule has 3 aromatic carbocycles. The van der Waals surface area contributed by atoms with Gasteiger partial charge in [-0.05, 0) is 31.0 Å². The number of benzodiazepines with no additional fused rings is 1. The zero-order valence-corrected chi connectivity index (χ0v) is 17.0. The Kier molecular flexibility index (Phi) is 5.29. The van der Waals surface area contributed by atoms with E-state index < -0.39 is 12.1 Å². The van der Waals surface area contributed by atoms with Gasteiger partial charge in [0, 0.05) is 16.7 Å². The van der Waals surface area contributed by atoms with Gasteiger partial charge in [0.15, 0.2) is 11.9 Å². The fourth-order valence-electron chi connectivity index (χ4n) is 3.82. The number of amides is 1. The van der Waals surface area contributed by atoms with Crippen molar-refractivity contribution in [1.29, 1.82) is 0 Å². The van der Waals surface area contributed by atoms with E-state index in [1.54, 1.807) is 6.07 Å². The molecule has 0 aliphatic carbocycles. The SMILES string of the molecule is Cc1ccccc1C(=O)CN1C(=O)C(N)N=C(c2ccccc2)c2c(C)cccc21. The third-order valence-corrected chi connectivity index (χ3v) is 5.36. The number of aliphatic imine (C=N–C) groups is 1. The van der Waals surface area contributed by atoms with Gasteiger partial charge < -0.3 is 10.6 Å². The van der Waals surface area contributed by atoms with Crippen molar-refractivity contribution in [3.8, 4) is 0 Å². The van der Waals surface area contributed by atoms with Crippen molar-refractivity contribution in [3.05, 3.63) is 101 Å². The second kappa shape index (κ2) is 8.05. The normalized spacial score (nSPS) is 16.0. The number of aryl methyl sites for hydroxylation is 2. The van der Waals surface area contributed by atoms with Crippen LogP contribution in [0.4, 0.5) is 5.69 Å². The number of anilines is 1. The van der Waals surface area contributed by atoms with E-state index in [0.717, 1.165) is 22.3 Å². The average molecular weight is 397 g/mol. The number of fused-ring (bicyclic) bond motifs is 1. The van der Waals surface area contributed by atoms with E-state index in [1.165, 1.54) is 4.90 Å². The maximum atomic E-state index is 13.2. The summed E-state index contributed by atoms with van der Waals surface area (Å²) in [5.74, 6) is -0.529. The van der Waals surface area contributed by atoms with Crippen molar-refractivity contribution < 1.29 is 9.59 Å². The lowest BCUT2D eigenvalue weighted by Crippen LogP contribution is -2.44. The van der Waals surface area contributed by atoms with Gasteiger partial charge in [0.2, 0.25) is 0 Å². The number of rotatable bonds is 4. The largest absolute Gasteiger partial charge is 0.302 e. The van der Waals surface area contributed by atoms with Gasteiger partial charge in [-0.15, -0.1) is 0 Å². The van der Waals surface area contributed by atoms with Gasteiger partial charge >= 0.3 is 0 Å². The first-order valence-electron chi connectivity index (χ1n) is 9.86. The van der Waals surface area contributed by atoms with Gasteiger partial charge in [0.25, 0.3) is 5.91 Å². The lowest BCUT2D eigenvalue weighted by Gasteiger charge is -2.24. The van der Waals surface area contributed by atoms with Crippen LogP contribution < -0.4 is 10.6 Å². The van der Waals surface area contributed by atoms with Crippen molar-refractivity contribution in [2.45, 2.75) is 20.0 Å². The van der Waals surface area contributed by atoms with E-state index in [-0.39, 0.29) is 12.3 Å². The molecule has 1 atom stereocenters. The van der Waals surface area contributed by atoms with Crippen LogP contribution in [-0.2, 0) is 4.79 Å². The minimum absolute atomic E-state index is 0.0918. The molecular weight excluding hydrogens is 374 g/mol. The zero-order chi connectivity index (χ0) is 21.3. The lowest BCUT2D eigenvalue weighted by atomic mass is 9.95. The van der Waals surface area contributed by atoms with Gasteiger partial charge in [-0.1, -0.05) is 66.7 Å². The number of carbonyl (C=O) groups excluding carboxylic acids is 2. The number of hydrogen-bond acceptors (Lipinski definition) is 4. The third kappa shape index (κ3) is 3.55. The molecule has 1 aliphatic rings. The molecule has 0 fully saturated rings. The molecule has 1 aliphatic heterocycles. The Balaban J connectivity index is 1.83. The van der Waals surface area contributed by atoms with E-state index >= 15 is 0 Å². The van der Waals surface area contributed by atoms with E-state index in [1.807, 2.05) is 80.6 Å². The Morgan fingerprint density at radius 1 is 0.933 bits per heavy atom. The molecule has 0 saturated heterocycles. The van der Waals surface area contributed by atoms with Crippen molar-refractivity contribution in [2.75, 3.05) is 11.4 Å². The Bertz CT molecular complexity index is 1150.